The Bertz CT molecular complexity index is 1290. The van der Waals surface area contributed by atoms with Crippen molar-refractivity contribution in [3.63, 3.8) is 0 Å². The average Bonchev–Trinajstić information content (AvgIpc) is 3.39. The van der Waals surface area contributed by atoms with Crippen molar-refractivity contribution in [2.75, 3.05) is 12.1 Å². The number of rotatable bonds is 5. The first kappa shape index (κ1) is 18.7. The summed E-state index contributed by atoms with van der Waals surface area (Å²) in [6.45, 7) is 0.708. The minimum Gasteiger partial charge on any atom is -0.478 e. The second-order valence-corrected chi connectivity index (χ2v) is 7.90. The van der Waals surface area contributed by atoms with E-state index < -0.39 is 5.97 Å². The van der Waals surface area contributed by atoms with Gasteiger partial charge in [0, 0.05) is 29.4 Å². The van der Waals surface area contributed by atoms with Gasteiger partial charge in [-0.1, -0.05) is 17.7 Å². The van der Waals surface area contributed by atoms with Crippen LogP contribution in [0.15, 0.2) is 48.0 Å². The van der Waals surface area contributed by atoms with Crippen LogP contribution >= 0.6 is 22.9 Å². The lowest BCUT2D eigenvalue weighted by atomic mass is 10.0. The Hall–Kier alpha value is -3.36. The van der Waals surface area contributed by atoms with Crippen molar-refractivity contribution in [1.29, 1.82) is 0 Å². The lowest BCUT2D eigenvalue weighted by Crippen LogP contribution is -2.06. The highest BCUT2D eigenvalue weighted by Gasteiger charge is 2.20. The smallest absolute Gasteiger partial charge is 0.337 e. The van der Waals surface area contributed by atoms with Gasteiger partial charge in [-0.3, -0.25) is 0 Å². The van der Waals surface area contributed by atoms with Crippen LogP contribution in [0.3, 0.4) is 0 Å². The lowest BCUT2D eigenvalue weighted by molar-refractivity contribution is 0.0698. The minimum atomic E-state index is -1.13. The van der Waals surface area contributed by atoms with E-state index in [1.165, 1.54) is 11.3 Å². The van der Waals surface area contributed by atoms with Gasteiger partial charge in [-0.15, -0.1) is 11.3 Å². The van der Waals surface area contributed by atoms with E-state index in [2.05, 4.69) is 15.3 Å². The number of anilines is 1. The third-order valence-corrected chi connectivity index (χ3v) is 5.81. The fraction of sp³-hybridized carbons (Fsp3) is 0.0952. The zero-order valence-electron chi connectivity index (χ0n) is 15.4. The van der Waals surface area contributed by atoms with Crippen LogP contribution in [0.25, 0.3) is 21.6 Å². The van der Waals surface area contributed by atoms with Gasteiger partial charge in [-0.05, 0) is 41.3 Å². The van der Waals surface area contributed by atoms with Gasteiger partial charge in [0.1, 0.15) is 4.83 Å². The molecular weight excluding hydrogens is 426 g/mol. The summed E-state index contributed by atoms with van der Waals surface area (Å²) in [6.07, 6.45) is 1.68. The Morgan fingerprint density at radius 3 is 2.93 bits per heavy atom. The molecule has 0 atom stereocenters. The molecule has 0 fully saturated rings. The third-order valence-electron chi connectivity index (χ3n) is 4.69. The molecule has 4 aromatic rings. The second kappa shape index (κ2) is 7.47. The zero-order chi connectivity index (χ0) is 20.7. The molecule has 30 heavy (non-hydrogen) atoms. The maximum Gasteiger partial charge on any atom is 0.337 e. The van der Waals surface area contributed by atoms with Crippen LogP contribution in [0, 0.1) is 0 Å². The van der Waals surface area contributed by atoms with Crippen molar-refractivity contribution in [2.24, 2.45) is 0 Å². The summed E-state index contributed by atoms with van der Waals surface area (Å²) in [5.74, 6) is 0.603. The van der Waals surface area contributed by atoms with Crippen LogP contribution < -0.4 is 14.8 Å². The molecule has 1 aliphatic heterocycles. The van der Waals surface area contributed by atoms with Crippen LogP contribution in [0.5, 0.6) is 11.5 Å². The number of benzene rings is 2. The minimum absolute atomic E-state index is 0.0267. The number of thiophene rings is 1. The van der Waals surface area contributed by atoms with Crippen LogP contribution in [0.2, 0.25) is 5.02 Å². The van der Waals surface area contributed by atoms with Crippen molar-refractivity contribution >= 4 is 44.8 Å². The Kier molecular flexibility index (Phi) is 4.65. The molecule has 0 aliphatic carbocycles. The lowest BCUT2D eigenvalue weighted by Gasteiger charge is -2.13. The predicted molar refractivity (Wildman–Crippen MR) is 115 cm³/mol. The zero-order valence-corrected chi connectivity index (χ0v) is 17.0. The van der Waals surface area contributed by atoms with Crippen LogP contribution in [0.1, 0.15) is 15.9 Å². The number of aromatic nitrogens is 2. The second-order valence-electron chi connectivity index (χ2n) is 6.60. The number of halogens is 1. The predicted octanol–water partition coefficient (Wildman–Crippen LogP) is 5.05. The van der Waals surface area contributed by atoms with Crippen molar-refractivity contribution in [1.82, 2.24) is 9.97 Å². The number of carboxylic acids is 1. The van der Waals surface area contributed by atoms with Crippen molar-refractivity contribution in [2.45, 2.75) is 6.54 Å². The summed E-state index contributed by atoms with van der Waals surface area (Å²) in [5, 5.41) is 15.9. The van der Waals surface area contributed by atoms with Crippen LogP contribution in [-0.2, 0) is 6.54 Å². The largest absolute Gasteiger partial charge is 0.478 e. The molecule has 0 unspecified atom stereocenters. The Morgan fingerprint density at radius 1 is 1.20 bits per heavy atom. The molecule has 2 N–H and O–H groups in total. The molecule has 0 amide bonds. The Balaban J connectivity index is 1.49. The quantitative estimate of drug-likeness (QED) is 0.449. The van der Waals surface area contributed by atoms with Gasteiger partial charge >= 0.3 is 5.97 Å². The molecule has 9 heteroatoms. The Morgan fingerprint density at radius 2 is 2.07 bits per heavy atom. The number of carboxylic acid groups (broad SMARTS) is 1. The molecule has 0 spiro atoms. The number of hydrogen-bond acceptors (Lipinski definition) is 7. The number of nitrogens with zero attached hydrogens (tertiary/aromatic N) is 2. The van der Waals surface area contributed by atoms with E-state index in [1.807, 2.05) is 29.6 Å². The van der Waals surface area contributed by atoms with Crippen molar-refractivity contribution in [3.8, 4) is 22.9 Å². The van der Waals surface area contributed by atoms with Gasteiger partial charge < -0.3 is 19.9 Å². The molecule has 0 saturated carbocycles. The van der Waals surface area contributed by atoms with E-state index in [9.17, 15) is 9.90 Å². The summed E-state index contributed by atoms with van der Waals surface area (Å²) in [4.78, 5) is 21.5. The molecule has 7 nitrogen and oxygen atoms in total. The van der Waals surface area contributed by atoms with E-state index >= 15 is 0 Å². The first-order valence-electron chi connectivity index (χ1n) is 8.98. The molecule has 2 aromatic heterocycles. The van der Waals surface area contributed by atoms with Gasteiger partial charge in [0.15, 0.2) is 17.3 Å². The molecule has 1 aliphatic rings. The first-order valence-corrected chi connectivity index (χ1v) is 10.2. The van der Waals surface area contributed by atoms with Gasteiger partial charge in [0.25, 0.3) is 0 Å². The van der Waals surface area contributed by atoms with Gasteiger partial charge in [-0.2, -0.15) is 0 Å². The van der Waals surface area contributed by atoms with Crippen molar-refractivity contribution < 1.29 is 19.4 Å². The van der Waals surface area contributed by atoms with Crippen molar-refractivity contribution in [3.05, 3.63) is 64.1 Å². The topological polar surface area (TPSA) is 93.6 Å². The normalized spacial score (nSPS) is 12.3. The number of ether oxygens (including phenoxy) is 2. The summed E-state index contributed by atoms with van der Waals surface area (Å²) < 4.78 is 10.7. The fourth-order valence-electron chi connectivity index (χ4n) is 3.24. The summed E-state index contributed by atoms with van der Waals surface area (Å²) in [7, 11) is 0. The van der Waals surface area contributed by atoms with Gasteiger partial charge in [-0.25, -0.2) is 14.8 Å². The van der Waals surface area contributed by atoms with Gasteiger partial charge in [0.05, 0.1) is 10.6 Å². The number of carbonyl (C=O) groups is 1. The first-order chi connectivity index (χ1) is 14.6. The molecule has 0 saturated heterocycles. The maximum absolute atomic E-state index is 11.8. The summed E-state index contributed by atoms with van der Waals surface area (Å²) in [5.41, 5.74) is 1.97. The Labute approximate surface area is 179 Å². The maximum atomic E-state index is 11.8. The molecule has 150 valence electrons. The molecule has 5 rings (SSSR count). The van der Waals surface area contributed by atoms with Crippen LogP contribution in [-0.4, -0.2) is 27.8 Å². The fourth-order valence-corrected chi connectivity index (χ4v) is 4.28. The number of hydrogen-bond donors (Lipinski definition) is 2. The SMILES string of the molecule is O=C(O)c1c(Cl)cc(NCc2ccc3c(c2)OCO3)cc1-c1ncc2ccsc2n1. The number of aromatic carboxylic acids is 1. The highest BCUT2D eigenvalue weighted by atomic mass is 35.5. The number of fused-ring (bicyclic) bond motifs is 2. The number of nitrogens with one attached hydrogen (secondary N) is 1. The van der Waals surface area contributed by atoms with E-state index in [4.69, 9.17) is 21.1 Å². The average molecular weight is 440 g/mol. The van der Waals surface area contributed by atoms with E-state index in [-0.39, 0.29) is 17.4 Å². The van der Waals surface area contributed by atoms with E-state index in [0.717, 1.165) is 21.5 Å². The summed E-state index contributed by atoms with van der Waals surface area (Å²) in [6, 6.07) is 10.9. The van der Waals surface area contributed by atoms with E-state index in [0.29, 0.717) is 29.4 Å². The molecule has 0 radical (unpaired) electrons. The summed E-state index contributed by atoms with van der Waals surface area (Å²) >= 11 is 7.79. The highest BCUT2D eigenvalue weighted by molar-refractivity contribution is 7.16. The van der Waals surface area contributed by atoms with Crippen LogP contribution in [0.4, 0.5) is 5.69 Å². The molecule has 2 aromatic carbocycles. The third kappa shape index (κ3) is 3.40. The highest BCUT2D eigenvalue weighted by Crippen LogP contribution is 2.34. The molecule has 0 bridgehead atoms. The standard InChI is InChI=1S/C21H14ClN3O4S/c22-15-7-13(23-8-11-1-2-16-17(5-11)29-10-28-16)6-14(18(15)21(26)27)19-24-9-12-3-4-30-20(12)25-19/h1-7,9,23H,8,10H2,(H,26,27). The van der Waals surface area contributed by atoms with Gasteiger partial charge in [0.2, 0.25) is 6.79 Å². The molecule has 3 heterocycles. The molecular formula is C21H14ClN3O4S. The monoisotopic (exact) mass is 439 g/mol. The van der Waals surface area contributed by atoms with E-state index in [1.54, 1.807) is 18.3 Å².